The molecule has 1 aromatic carbocycles. The number of rotatable bonds is 8. The molecule has 2 N–H and O–H groups in total. The lowest BCUT2D eigenvalue weighted by Gasteiger charge is -2.16. The SMILES string of the molecule is CCNC(=NCc1cccc(CN2CCCC2=O)c1)NCc1nc(C(C)C)cs1.I. The van der Waals surface area contributed by atoms with Crippen molar-refractivity contribution in [2.24, 2.45) is 4.99 Å². The van der Waals surface area contributed by atoms with E-state index >= 15 is 0 Å². The molecule has 0 atom stereocenters. The largest absolute Gasteiger partial charge is 0.357 e. The minimum Gasteiger partial charge on any atom is -0.357 e. The number of benzene rings is 1. The van der Waals surface area contributed by atoms with Crippen LogP contribution in [0, 0.1) is 0 Å². The van der Waals surface area contributed by atoms with Crippen LogP contribution < -0.4 is 10.6 Å². The van der Waals surface area contributed by atoms with Gasteiger partial charge in [0.1, 0.15) is 5.01 Å². The fourth-order valence-electron chi connectivity index (χ4n) is 3.26. The summed E-state index contributed by atoms with van der Waals surface area (Å²) in [6, 6.07) is 8.35. The van der Waals surface area contributed by atoms with Crippen LogP contribution in [0.5, 0.6) is 0 Å². The third-order valence-corrected chi connectivity index (χ3v) is 5.74. The molecule has 0 spiro atoms. The molecule has 8 heteroatoms. The van der Waals surface area contributed by atoms with Gasteiger partial charge in [-0.2, -0.15) is 0 Å². The number of aromatic nitrogens is 1. The third kappa shape index (κ3) is 7.23. The van der Waals surface area contributed by atoms with Gasteiger partial charge in [-0.3, -0.25) is 4.79 Å². The topological polar surface area (TPSA) is 69.6 Å². The Hall–Kier alpha value is -1.68. The lowest BCUT2D eigenvalue weighted by molar-refractivity contribution is -0.128. The van der Waals surface area contributed by atoms with E-state index in [2.05, 4.69) is 60.0 Å². The molecule has 3 rings (SSSR count). The lowest BCUT2D eigenvalue weighted by Crippen LogP contribution is -2.36. The second-order valence-electron chi connectivity index (χ2n) is 7.61. The van der Waals surface area contributed by atoms with Gasteiger partial charge in [-0.1, -0.05) is 38.1 Å². The molecule has 1 aliphatic rings. The minimum atomic E-state index is 0. The van der Waals surface area contributed by atoms with Crippen molar-refractivity contribution in [2.45, 2.75) is 59.2 Å². The maximum atomic E-state index is 11.9. The van der Waals surface area contributed by atoms with E-state index < -0.39 is 0 Å². The molecule has 0 aliphatic carbocycles. The molecule has 1 aliphatic heterocycles. The summed E-state index contributed by atoms with van der Waals surface area (Å²) < 4.78 is 0. The molecule has 0 unspecified atom stereocenters. The quantitative estimate of drug-likeness (QED) is 0.298. The first-order valence-electron chi connectivity index (χ1n) is 10.4. The number of guanidine groups is 1. The van der Waals surface area contributed by atoms with Crippen molar-refractivity contribution in [3.05, 3.63) is 51.5 Å². The van der Waals surface area contributed by atoms with Crippen LogP contribution in [0.1, 0.15) is 61.4 Å². The van der Waals surface area contributed by atoms with Gasteiger partial charge in [0, 0.05) is 31.4 Å². The normalized spacial score (nSPS) is 14.2. The Morgan fingerprint density at radius 3 is 2.77 bits per heavy atom. The number of halogens is 1. The van der Waals surface area contributed by atoms with Gasteiger partial charge in [-0.05, 0) is 30.4 Å². The van der Waals surface area contributed by atoms with Gasteiger partial charge >= 0.3 is 0 Å². The first kappa shape index (κ1) is 24.6. The fourth-order valence-corrected chi connectivity index (χ4v) is 4.16. The average molecular weight is 542 g/mol. The summed E-state index contributed by atoms with van der Waals surface area (Å²) in [5, 5.41) is 9.86. The summed E-state index contributed by atoms with van der Waals surface area (Å²) in [7, 11) is 0. The highest BCUT2D eigenvalue weighted by atomic mass is 127. The number of carbonyl (C=O) groups excluding carboxylic acids is 1. The molecule has 2 heterocycles. The molecule has 1 aromatic heterocycles. The lowest BCUT2D eigenvalue weighted by atomic mass is 10.1. The number of aliphatic imine (C=N–C) groups is 1. The second kappa shape index (κ2) is 12.2. The first-order valence-corrected chi connectivity index (χ1v) is 11.2. The predicted octanol–water partition coefficient (Wildman–Crippen LogP) is 4.26. The standard InChI is InChI=1S/C22H31N5OS.HI/c1-4-23-22(25-13-20-26-19(15-29-20)16(2)3)24-12-17-7-5-8-18(11-17)14-27-10-6-9-21(27)28;/h5,7-8,11,15-16H,4,6,9-10,12-14H2,1-3H3,(H2,23,24,25);1H. The van der Waals surface area contributed by atoms with Crippen molar-refractivity contribution >= 4 is 47.2 Å². The van der Waals surface area contributed by atoms with E-state index in [9.17, 15) is 4.79 Å². The van der Waals surface area contributed by atoms with Crippen LogP contribution in [0.3, 0.4) is 0 Å². The van der Waals surface area contributed by atoms with Crippen LogP contribution in [-0.4, -0.2) is 34.8 Å². The molecule has 1 saturated heterocycles. The smallest absolute Gasteiger partial charge is 0.222 e. The van der Waals surface area contributed by atoms with E-state index in [1.54, 1.807) is 11.3 Å². The molecule has 1 amide bonds. The van der Waals surface area contributed by atoms with Crippen LogP contribution >= 0.6 is 35.3 Å². The van der Waals surface area contributed by atoms with Crippen LogP contribution in [0.4, 0.5) is 0 Å². The molecule has 0 bridgehead atoms. The monoisotopic (exact) mass is 541 g/mol. The molecule has 0 saturated carbocycles. The Morgan fingerprint density at radius 1 is 1.30 bits per heavy atom. The van der Waals surface area contributed by atoms with E-state index in [0.717, 1.165) is 47.3 Å². The maximum Gasteiger partial charge on any atom is 0.222 e. The number of hydrogen-bond donors (Lipinski definition) is 2. The van der Waals surface area contributed by atoms with Crippen molar-refractivity contribution < 1.29 is 4.79 Å². The zero-order valence-corrected chi connectivity index (χ0v) is 21.1. The van der Waals surface area contributed by atoms with Crippen LogP contribution in [0.15, 0.2) is 34.6 Å². The Balaban J connectivity index is 0.00000320. The van der Waals surface area contributed by atoms with Crippen molar-refractivity contribution in [3.63, 3.8) is 0 Å². The molecule has 164 valence electrons. The van der Waals surface area contributed by atoms with Gasteiger partial charge in [0.2, 0.25) is 5.91 Å². The Labute approximate surface area is 200 Å². The van der Waals surface area contributed by atoms with E-state index in [0.29, 0.717) is 32.0 Å². The number of amides is 1. The average Bonchev–Trinajstić information content (AvgIpc) is 3.34. The van der Waals surface area contributed by atoms with Gasteiger partial charge in [0.05, 0.1) is 18.8 Å². The number of thiazole rings is 1. The highest BCUT2D eigenvalue weighted by molar-refractivity contribution is 14.0. The Bertz CT molecular complexity index is 852. The number of nitrogens with zero attached hydrogens (tertiary/aromatic N) is 3. The highest BCUT2D eigenvalue weighted by Crippen LogP contribution is 2.18. The summed E-state index contributed by atoms with van der Waals surface area (Å²) in [6.07, 6.45) is 1.65. The molecule has 2 aromatic rings. The summed E-state index contributed by atoms with van der Waals surface area (Å²) in [5.74, 6) is 1.49. The first-order chi connectivity index (χ1) is 14.0. The summed E-state index contributed by atoms with van der Waals surface area (Å²) in [4.78, 5) is 23.2. The molecule has 6 nitrogen and oxygen atoms in total. The Morgan fingerprint density at radius 2 is 2.10 bits per heavy atom. The van der Waals surface area contributed by atoms with E-state index in [-0.39, 0.29) is 29.9 Å². The highest BCUT2D eigenvalue weighted by Gasteiger charge is 2.19. The van der Waals surface area contributed by atoms with Crippen molar-refractivity contribution in [1.82, 2.24) is 20.5 Å². The third-order valence-electron chi connectivity index (χ3n) is 4.87. The van der Waals surface area contributed by atoms with Gasteiger partial charge in [-0.15, -0.1) is 35.3 Å². The van der Waals surface area contributed by atoms with Crippen LogP contribution in [0.25, 0.3) is 0 Å². The fraction of sp³-hybridized carbons (Fsp3) is 0.500. The van der Waals surface area contributed by atoms with Crippen molar-refractivity contribution in [1.29, 1.82) is 0 Å². The van der Waals surface area contributed by atoms with Crippen molar-refractivity contribution in [3.8, 4) is 0 Å². The summed E-state index contributed by atoms with van der Waals surface area (Å²) in [6.45, 7) is 9.99. The Kier molecular flexibility index (Phi) is 10.0. The van der Waals surface area contributed by atoms with E-state index in [1.807, 2.05) is 11.0 Å². The molecule has 30 heavy (non-hydrogen) atoms. The zero-order valence-electron chi connectivity index (χ0n) is 18.0. The van der Waals surface area contributed by atoms with Gasteiger partial charge in [-0.25, -0.2) is 9.98 Å². The number of hydrogen-bond acceptors (Lipinski definition) is 4. The summed E-state index contributed by atoms with van der Waals surface area (Å²) >= 11 is 1.68. The molecular formula is C22H32IN5OS. The van der Waals surface area contributed by atoms with Gasteiger partial charge < -0.3 is 15.5 Å². The van der Waals surface area contributed by atoms with Crippen molar-refractivity contribution in [2.75, 3.05) is 13.1 Å². The van der Waals surface area contributed by atoms with Gasteiger partial charge in [0.25, 0.3) is 0 Å². The van der Waals surface area contributed by atoms with E-state index in [4.69, 9.17) is 4.99 Å². The zero-order chi connectivity index (χ0) is 20.6. The molecular weight excluding hydrogens is 509 g/mol. The molecule has 1 fully saturated rings. The number of likely N-dealkylation sites (tertiary alicyclic amines) is 1. The van der Waals surface area contributed by atoms with Gasteiger partial charge in [0.15, 0.2) is 5.96 Å². The predicted molar refractivity (Wildman–Crippen MR) is 134 cm³/mol. The number of nitrogens with one attached hydrogen (secondary N) is 2. The van der Waals surface area contributed by atoms with Crippen LogP contribution in [0.2, 0.25) is 0 Å². The number of carbonyl (C=O) groups is 1. The van der Waals surface area contributed by atoms with Crippen LogP contribution in [-0.2, 0) is 24.4 Å². The summed E-state index contributed by atoms with van der Waals surface area (Å²) in [5.41, 5.74) is 3.44. The molecule has 0 radical (unpaired) electrons. The second-order valence-corrected chi connectivity index (χ2v) is 8.55. The maximum absolute atomic E-state index is 11.9. The minimum absolute atomic E-state index is 0. The van der Waals surface area contributed by atoms with E-state index in [1.165, 1.54) is 0 Å².